The second-order valence-corrected chi connectivity index (χ2v) is 4.77. The largest absolute Gasteiger partial charge is 0.490 e. The molecular weight excluding hydrogens is 264 g/mol. The van der Waals surface area contributed by atoms with E-state index in [1.54, 1.807) is 0 Å². The molecule has 0 amide bonds. The van der Waals surface area contributed by atoms with Crippen molar-refractivity contribution in [1.82, 2.24) is 0 Å². The Morgan fingerprint density at radius 3 is 1.95 bits per heavy atom. The summed E-state index contributed by atoms with van der Waals surface area (Å²) in [6, 6.07) is 13.7. The van der Waals surface area contributed by atoms with Gasteiger partial charge in [-0.25, -0.2) is 0 Å². The summed E-state index contributed by atoms with van der Waals surface area (Å²) in [5.74, 6) is 2.44. The predicted octanol–water partition coefficient (Wildman–Crippen LogP) is 4.16. The van der Waals surface area contributed by atoms with Crippen LogP contribution in [0, 0.1) is 13.8 Å². The van der Waals surface area contributed by atoms with Gasteiger partial charge in [-0.2, -0.15) is 0 Å². The molecule has 0 bridgehead atoms. The topological polar surface area (TPSA) is 27.7 Å². The highest BCUT2D eigenvalue weighted by molar-refractivity contribution is 5.39. The van der Waals surface area contributed by atoms with Gasteiger partial charge in [0.15, 0.2) is 11.5 Å². The van der Waals surface area contributed by atoms with Gasteiger partial charge in [-0.1, -0.05) is 24.3 Å². The fraction of sp³-hybridized carbons (Fsp3) is 0.333. The van der Waals surface area contributed by atoms with Crippen LogP contribution in [0.4, 0.5) is 0 Å². The molecule has 0 aromatic heterocycles. The number of ether oxygens (including phenoxy) is 3. The van der Waals surface area contributed by atoms with Crippen molar-refractivity contribution < 1.29 is 14.2 Å². The lowest BCUT2D eigenvalue weighted by molar-refractivity contribution is 0.207. The highest BCUT2D eigenvalue weighted by Gasteiger charge is 2.04. The Kier molecular flexibility index (Phi) is 5.50. The maximum absolute atomic E-state index is 5.77. The molecule has 0 fully saturated rings. The lowest BCUT2D eigenvalue weighted by Crippen LogP contribution is -2.10. The van der Waals surface area contributed by atoms with Crippen LogP contribution >= 0.6 is 0 Å². The van der Waals surface area contributed by atoms with E-state index in [-0.39, 0.29) is 0 Å². The van der Waals surface area contributed by atoms with Crippen LogP contribution in [0.2, 0.25) is 0 Å². The minimum absolute atomic E-state index is 0.484. The smallest absolute Gasteiger partial charge is 0.161 e. The van der Waals surface area contributed by atoms with Crippen LogP contribution in [0.5, 0.6) is 17.2 Å². The summed E-state index contributed by atoms with van der Waals surface area (Å²) in [7, 11) is 0. The van der Waals surface area contributed by atoms with Gasteiger partial charge in [0.05, 0.1) is 6.61 Å². The van der Waals surface area contributed by atoms with E-state index in [0.29, 0.717) is 19.8 Å². The Morgan fingerprint density at radius 2 is 1.29 bits per heavy atom. The van der Waals surface area contributed by atoms with E-state index in [1.807, 2.05) is 43.3 Å². The number of hydrogen-bond donors (Lipinski definition) is 0. The molecule has 21 heavy (non-hydrogen) atoms. The van der Waals surface area contributed by atoms with Crippen molar-refractivity contribution in [2.75, 3.05) is 19.8 Å². The zero-order valence-corrected chi connectivity index (χ0v) is 12.9. The van der Waals surface area contributed by atoms with Gasteiger partial charge in [0, 0.05) is 0 Å². The van der Waals surface area contributed by atoms with Gasteiger partial charge in [-0.15, -0.1) is 0 Å². The van der Waals surface area contributed by atoms with E-state index in [1.165, 1.54) is 11.1 Å². The minimum atomic E-state index is 0.484. The van der Waals surface area contributed by atoms with Gasteiger partial charge in [0.25, 0.3) is 0 Å². The molecule has 0 spiro atoms. The Labute approximate surface area is 126 Å². The van der Waals surface area contributed by atoms with Crippen LogP contribution in [0.3, 0.4) is 0 Å². The van der Waals surface area contributed by atoms with E-state index in [2.05, 4.69) is 19.9 Å². The summed E-state index contributed by atoms with van der Waals surface area (Å²) >= 11 is 0. The average molecular weight is 286 g/mol. The zero-order chi connectivity index (χ0) is 15.1. The Hall–Kier alpha value is -2.16. The van der Waals surface area contributed by atoms with Crippen molar-refractivity contribution >= 4 is 0 Å². The van der Waals surface area contributed by atoms with Crippen LogP contribution in [0.15, 0.2) is 42.5 Å². The summed E-state index contributed by atoms with van der Waals surface area (Å²) < 4.78 is 17.0. The van der Waals surface area contributed by atoms with Crippen molar-refractivity contribution in [2.24, 2.45) is 0 Å². The molecule has 112 valence electrons. The molecule has 0 atom stereocenters. The maximum Gasteiger partial charge on any atom is 0.161 e. The molecule has 2 aromatic carbocycles. The van der Waals surface area contributed by atoms with Crippen molar-refractivity contribution in [3.05, 3.63) is 53.6 Å². The zero-order valence-electron chi connectivity index (χ0n) is 12.9. The number of benzene rings is 2. The molecule has 3 nitrogen and oxygen atoms in total. The fourth-order valence-corrected chi connectivity index (χ4v) is 2.03. The summed E-state index contributed by atoms with van der Waals surface area (Å²) in [6.07, 6.45) is 0. The Balaban J connectivity index is 1.86. The first-order valence-electron chi connectivity index (χ1n) is 7.26. The highest BCUT2D eigenvalue weighted by atomic mass is 16.5. The molecule has 3 heteroatoms. The van der Waals surface area contributed by atoms with E-state index >= 15 is 0 Å². The minimum Gasteiger partial charge on any atom is -0.490 e. The molecule has 2 rings (SSSR count). The van der Waals surface area contributed by atoms with E-state index in [4.69, 9.17) is 14.2 Å². The average Bonchev–Trinajstić information content (AvgIpc) is 2.49. The molecule has 0 aliphatic heterocycles. The number of para-hydroxylation sites is 2. The first-order chi connectivity index (χ1) is 10.2. The highest BCUT2D eigenvalue weighted by Crippen LogP contribution is 2.26. The van der Waals surface area contributed by atoms with Gasteiger partial charge in [0.2, 0.25) is 0 Å². The third kappa shape index (κ3) is 4.15. The van der Waals surface area contributed by atoms with Gasteiger partial charge >= 0.3 is 0 Å². The van der Waals surface area contributed by atoms with Gasteiger partial charge < -0.3 is 14.2 Å². The molecule has 0 saturated carbocycles. The van der Waals surface area contributed by atoms with Crippen molar-refractivity contribution in [3.8, 4) is 17.2 Å². The Morgan fingerprint density at radius 1 is 0.714 bits per heavy atom. The quantitative estimate of drug-likeness (QED) is 0.715. The first-order valence-corrected chi connectivity index (χ1v) is 7.26. The monoisotopic (exact) mass is 286 g/mol. The second-order valence-electron chi connectivity index (χ2n) is 4.77. The lowest BCUT2D eigenvalue weighted by Gasteiger charge is -2.13. The van der Waals surface area contributed by atoms with Crippen LogP contribution in [0.1, 0.15) is 18.1 Å². The normalized spacial score (nSPS) is 10.2. The van der Waals surface area contributed by atoms with Gasteiger partial charge in [0.1, 0.15) is 19.0 Å². The van der Waals surface area contributed by atoms with Crippen molar-refractivity contribution in [3.63, 3.8) is 0 Å². The standard InChI is InChI=1S/C18H22O3/c1-4-19-17-9-5-6-10-18(17)21-13-12-20-16-11-7-8-14(2)15(16)3/h5-11H,4,12-13H2,1-3H3. The summed E-state index contributed by atoms with van der Waals surface area (Å²) in [5, 5.41) is 0. The van der Waals surface area contributed by atoms with Crippen LogP contribution in [-0.2, 0) is 0 Å². The molecule has 0 radical (unpaired) electrons. The van der Waals surface area contributed by atoms with E-state index in [0.717, 1.165) is 17.2 Å². The van der Waals surface area contributed by atoms with E-state index in [9.17, 15) is 0 Å². The number of rotatable bonds is 7. The molecule has 0 aliphatic carbocycles. The third-order valence-electron chi connectivity index (χ3n) is 3.30. The van der Waals surface area contributed by atoms with Gasteiger partial charge in [-0.3, -0.25) is 0 Å². The third-order valence-corrected chi connectivity index (χ3v) is 3.30. The molecule has 0 N–H and O–H groups in total. The van der Waals surface area contributed by atoms with E-state index < -0.39 is 0 Å². The van der Waals surface area contributed by atoms with Gasteiger partial charge in [-0.05, 0) is 50.1 Å². The molecule has 2 aromatic rings. The van der Waals surface area contributed by atoms with Crippen molar-refractivity contribution in [2.45, 2.75) is 20.8 Å². The predicted molar refractivity (Wildman–Crippen MR) is 84.5 cm³/mol. The lowest BCUT2D eigenvalue weighted by atomic mass is 10.1. The fourth-order valence-electron chi connectivity index (χ4n) is 2.03. The summed E-state index contributed by atoms with van der Waals surface area (Å²) in [4.78, 5) is 0. The maximum atomic E-state index is 5.77. The number of aryl methyl sites for hydroxylation is 1. The molecule has 0 saturated heterocycles. The van der Waals surface area contributed by atoms with Crippen LogP contribution in [0.25, 0.3) is 0 Å². The summed E-state index contributed by atoms with van der Waals surface area (Å²) in [6.45, 7) is 7.72. The molecule has 0 unspecified atom stereocenters. The SMILES string of the molecule is CCOc1ccccc1OCCOc1cccc(C)c1C. The van der Waals surface area contributed by atoms with Crippen molar-refractivity contribution in [1.29, 1.82) is 0 Å². The summed E-state index contributed by atoms with van der Waals surface area (Å²) in [5.41, 5.74) is 2.40. The first kappa shape index (κ1) is 15.2. The number of hydrogen-bond acceptors (Lipinski definition) is 3. The second kappa shape index (κ2) is 7.58. The molecule has 0 aliphatic rings. The Bertz CT molecular complexity index is 578. The molecule has 0 heterocycles. The van der Waals surface area contributed by atoms with Crippen LogP contribution in [-0.4, -0.2) is 19.8 Å². The molecular formula is C18H22O3. The van der Waals surface area contributed by atoms with Crippen LogP contribution < -0.4 is 14.2 Å².